The number of thioether (sulfide) groups is 1. The molecule has 0 bridgehead atoms. The molecule has 0 radical (unpaired) electrons. The van der Waals surface area contributed by atoms with E-state index in [4.69, 9.17) is 16.1 Å². The molecule has 3 rings (SSSR count). The van der Waals surface area contributed by atoms with Gasteiger partial charge in [-0.15, -0.1) is 10.2 Å². The van der Waals surface area contributed by atoms with Crippen LogP contribution in [0.2, 0.25) is 5.02 Å². The molecule has 2 aromatic heterocycles. The molecule has 0 fully saturated rings. The first-order valence-corrected chi connectivity index (χ1v) is 9.95. The van der Waals surface area contributed by atoms with Crippen molar-refractivity contribution >= 4 is 35.1 Å². The highest BCUT2D eigenvalue weighted by atomic mass is 35.5. The zero-order valence-corrected chi connectivity index (χ0v) is 17.6. The van der Waals surface area contributed by atoms with E-state index in [1.54, 1.807) is 13.0 Å². The van der Waals surface area contributed by atoms with Crippen molar-refractivity contribution in [1.29, 1.82) is 0 Å². The second-order valence-corrected chi connectivity index (χ2v) is 7.83. The summed E-state index contributed by atoms with van der Waals surface area (Å²) in [5.74, 6) is 1.76. The second-order valence-electron chi connectivity index (χ2n) is 6.45. The minimum Gasteiger partial charge on any atom is -0.360 e. The lowest BCUT2D eigenvalue weighted by Gasteiger charge is -2.20. The first kappa shape index (κ1) is 20.4. The number of nitrogens with zero attached hydrogens (tertiary/aromatic N) is 5. The maximum Gasteiger partial charge on any atom is 0.236 e. The Labute approximate surface area is 172 Å². The van der Waals surface area contributed by atoms with E-state index in [1.165, 1.54) is 11.8 Å². The minimum atomic E-state index is -0.203. The van der Waals surface area contributed by atoms with Crippen LogP contribution in [0.3, 0.4) is 0 Å². The van der Waals surface area contributed by atoms with Crippen LogP contribution in [0.5, 0.6) is 0 Å². The van der Waals surface area contributed by atoms with Crippen LogP contribution in [-0.4, -0.2) is 50.6 Å². The number of halogens is 1. The zero-order chi connectivity index (χ0) is 20.3. The van der Waals surface area contributed by atoms with Crippen LogP contribution in [0.4, 0.5) is 5.82 Å². The van der Waals surface area contributed by atoms with Gasteiger partial charge in [-0.1, -0.05) is 28.5 Å². The monoisotopic (exact) mass is 420 g/mol. The summed E-state index contributed by atoms with van der Waals surface area (Å²) in [4.78, 5) is 14.3. The normalized spacial score (nSPS) is 12.4. The number of carbonyl (C=O) groups is 1. The van der Waals surface area contributed by atoms with Crippen LogP contribution >= 0.6 is 23.4 Å². The maximum atomic E-state index is 12.2. The standard InChI is InChI=1S/C18H21ClN6O2S/c1-11-9-15(23-27-11)20-16(26)10-28-18-22-21-17(12(2)24(3)4)25(18)14-7-5-13(19)6-8-14/h5-9,12H,10H2,1-4H3,(H,20,23,26)/t12-/m1/s1. The Kier molecular flexibility index (Phi) is 6.38. The van der Waals surface area contributed by atoms with Gasteiger partial charge in [-0.05, 0) is 52.2 Å². The lowest BCUT2D eigenvalue weighted by Crippen LogP contribution is -2.21. The fraction of sp³-hybridized carbons (Fsp3) is 0.333. The van der Waals surface area contributed by atoms with Gasteiger partial charge in [0.15, 0.2) is 16.8 Å². The molecule has 1 atom stereocenters. The lowest BCUT2D eigenvalue weighted by molar-refractivity contribution is -0.113. The van der Waals surface area contributed by atoms with Gasteiger partial charge in [-0.25, -0.2) is 0 Å². The number of aromatic nitrogens is 4. The van der Waals surface area contributed by atoms with Gasteiger partial charge in [0.25, 0.3) is 0 Å². The number of carbonyl (C=O) groups excluding carboxylic acids is 1. The van der Waals surface area contributed by atoms with Gasteiger partial charge in [0.05, 0.1) is 11.8 Å². The van der Waals surface area contributed by atoms with Crippen LogP contribution in [0.25, 0.3) is 5.69 Å². The molecule has 10 heteroatoms. The number of benzene rings is 1. The van der Waals surface area contributed by atoms with E-state index in [1.807, 2.05) is 54.8 Å². The number of hydrogen-bond donors (Lipinski definition) is 1. The van der Waals surface area contributed by atoms with Crippen molar-refractivity contribution in [2.45, 2.75) is 25.0 Å². The Morgan fingerprint density at radius 2 is 2.04 bits per heavy atom. The van der Waals surface area contributed by atoms with E-state index in [2.05, 4.69) is 20.7 Å². The minimum absolute atomic E-state index is 0.0319. The van der Waals surface area contributed by atoms with Crippen LogP contribution < -0.4 is 5.32 Å². The molecule has 148 valence electrons. The largest absolute Gasteiger partial charge is 0.360 e. The lowest BCUT2D eigenvalue weighted by atomic mass is 10.2. The van der Waals surface area contributed by atoms with Crippen molar-refractivity contribution in [3.63, 3.8) is 0 Å². The third-order valence-corrected chi connectivity index (χ3v) is 5.30. The molecule has 0 unspecified atom stereocenters. The first-order valence-electron chi connectivity index (χ1n) is 8.59. The Balaban J connectivity index is 1.82. The summed E-state index contributed by atoms with van der Waals surface area (Å²) in [6.45, 7) is 3.81. The van der Waals surface area contributed by atoms with E-state index in [0.29, 0.717) is 21.8 Å². The summed E-state index contributed by atoms with van der Waals surface area (Å²) in [7, 11) is 3.96. The highest BCUT2D eigenvalue weighted by Crippen LogP contribution is 2.27. The number of rotatable bonds is 7. The van der Waals surface area contributed by atoms with Gasteiger partial charge in [0, 0.05) is 16.8 Å². The molecule has 2 heterocycles. The topological polar surface area (TPSA) is 89.1 Å². The van der Waals surface area contributed by atoms with E-state index >= 15 is 0 Å². The van der Waals surface area contributed by atoms with E-state index in [0.717, 1.165) is 11.5 Å². The van der Waals surface area contributed by atoms with Crippen molar-refractivity contribution in [3.05, 3.63) is 46.9 Å². The Morgan fingerprint density at radius 3 is 2.64 bits per heavy atom. The van der Waals surface area contributed by atoms with Gasteiger partial charge < -0.3 is 9.84 Å². The quantitative estimate of drug-likeness (QED) is 0.584. The van der Waals surface area contributed by atoms with Gasteiger partial charge in [-0.3, -0.25) is 14.3 Å². The number of aryl methyl sites for hydroxylation is 1. The molecule has 0 aliphatic heterocycles. The predicted molar refractivity (Wildman–Crippen MR) is 109 cm³/mol. The molecule has 1 N–H and O–H groups in total. The molecule has 0 spiro atoms. The molecule has 0 saturated carbocycles. The van der Waals surface area contributed by atoms with Crippen LogP contribution in [0.15, 0.2) is 40.0 Å². The summed E-state index contributed by atoms with van der Waals surface area (Å²) in [5, 5.41) is 16.4. The van der Waals surface area contributed by atoms with Gasteiger partial charge in [-0.2, -0.15) is 0 Å². The predicted octanol–water partition coefficient (Wildman–Crippen LogP) is 3.57. The van der Waals surface area contributed by atoms with Crippen molar-refractivity contribution in [3.8, 4) is 5.69 Å². The Bertz CT molecular complexity index is 953. The molecule has 0 aliphatic carbocycles. The third-order valence-electron chi connectivity index (χ3n) is 4.12. The van der Waals surface area contributed by atoms with Crippen molar-refractivity contribution in [2.24, 2.45) is 0 Å². The molecule has 0 saturated heterocycles. The summed E-state index contributed by atoms with van der Waals surface area (Å²) < 4.78 is 6.90. The highest BCUT2D eigenvalue weighted by Gasteiger charge is 2.21. The average Bonchev–Trinajstić information content (AvgIpc) is 3.26. The Hall–Kier alpha value is -2.36. The average molecular weight is 421 g/mol. The molecule has 1 aromatic carbocycles. The summed E-state index contributed by atoms with van der Waals surface area (Å²) >= 11 is 7.32. The SMILES string of the molecule is Cc1cc(NC(=O)CSc2nnc([C@@H](C)N(C)C)n2-c2ccc(Cl)cc2)no1. The molecule has 8 nitrogen and oxygen atoms in total. The number of amides is 1. The van der Waals surface area contributed by atoms with Gasteiger partial charge >= 0.3 is 0 Å². The smallest absolute Gasteiger partial charge is 0.236 e. The fourth-order valence-corrected chi connectivity index (χ4v) is 3.33. The molecule has 3 aromatic rings. The van der Waals surface area contributed by atoms with E-state index in [9.17, 15) is 4.79 Å². The molecular formula is C18H21ClN6O2S. The molecule has 28 heavy (non-hydrogen) atoms. The number of anilines is 1. The van der Waals surface area contributed by atoms with E-state index in [-0.39, 0.29) is 17.7 Å². The molecular weight excluding hydrogens is 400 g/mol. The Morgan fingerprint density at radius 1 is 1.32 bits per heavy atom. The van der Waals surface area contributed by atoms with Crippen molar-refractivity contribution < 1.29 is 9.32 Å². The zero-order valence-electron chi connectivity index (χ0n) is 16.0. The molecule has 1 amide bonds. The van der Waals surface area contributed by atoms with Crippen LogP contribution in [0, 0.1) is 6.92 Å². The fourth-order valence-electron chi connectivity index (χ4n) is 2.44. The summed E-state index contributed by atoms with van der Waals surface area (Å²) in [6.07, 6.45) is 0. The summed E-state index contributed by atoms with van der Waals surface area (Å²) in [6, 6.07) is 9.13. The summed E-state index contributed by atoms with van der Waals surface area (Å²) in [5.41, 5.74) is 0.883. The van der Waals surface area contributed by atoms with Crippen LogP contribution in [-0.2, 0) is 4.79 Å². The first-order chi connectivity index (χ1) is 13.3. The van der Waals surface area contributed by atoms with Gasteiger partial charge in [0.1, 0.15) is 5.76 Å². The number of hydrogen-bond acceptors (Lipinski definition) is 7. The number of nitrogens with one attached hydrogen (secondary N) is 1. The van der Waals surface area contributed by atoms with Crippen molar-refractivity contribution in [2.75, 3.05) is 25.2 Å². The molecule has 0 aliphatic rings. The van der Waals surface area contributed by atoms with Crippen molar-refractivity contribution in [1.82, 2.24) is 24.8 Å². The highest BCUT2D eigenvalue weighted by molar-refractivity contribution is 7.99. The van der Waals surface area contributed by atoms with E-state index < -0.39 is 0 Å². The third kappa shape index (κ3) is 4.73. The second kappa shape index (κ2) is 8.76. The maximum absolute atomic E-state index is 12.2. The van der Waals surface area contributed by atoms with Gasteiger partial charge in [0.2, 0.25) is 5.91 Å². The van der Waals surface area contributed by atoms with Crippen LogP contribution in [0.1, 0.15) is 24.6 Å².